The highest BCUT2D eigenvalue weighted by Crippen LogP contribution is 2.31. The van der Waals surface area contributed by atoms with Gasteiger partial charge in [0.1, 0.15) is 0 Å². The van der Waals surface area contributed by atoms with Gasteiger partial charge in [0.05, 0.1) is 16.6 Å². The van der Waals surface area contributed by atoms with E-state index in [4.69, 9.17) is 4.84 Å². The minimum atomic E-state index is -4.51. The molecule has 152 valence electrons. The minimum absolute atomic E-state index is 0.174. The lowest BCUT2D eigenvalue weighted by Gasteiger charge is -2.33. The number of alkyl halides is 3. The summed E-state index contributed by atoms with van der Waals surface area (Å²) in [5, 5.41) is 0. The van der Waals surface area contributed by atoms with Crippen molar-refractivity contribution < 1.29 is 31.2 Å². The molecule has 0 aliphatic heterocycles. The number of hydroxylamine groups is 1. The van der Waals surface area contributed by atoms with E-state index in [9.17, 15) is 26.4 Å². The van der Waals surface area contributed by atoms with E-state index >= 15 is 0 Å². The fraction of sp³-hybridized carbons (Fsp3) is 0.588. The van der Waals surface area contributed by atoms with E-state index in [2.05, 4.69) is 5.48 Å². The Morgan fingerprint density at radius 2 is 1.74 bits per heavy atom. The van der Waals surface area contributed by atoms with Crippen molar-refractivity contribution >= 4 is 15.9 Å². The van der Waals surface area contributed by atoms with Gasteiger partial charge in [0.15, 0.2) is 0 Å². The van der Waals surface area contributed by atoms with Crippen molar-refractivity contribution in [2.45, 2.75) is 62.2 Å². The Balaban J connectivity index is 1.98. The second-order valence-corrected chi connectivity index (χ2v) is 8.47. The average Bonchev–Trinajstić information content (AvgIpc) is 2.65. The van der Waals surface area contributed by atoms with Gasteiger partial charge in [-0.3, -0.25) is 9.63 Å². The van der Waals surface area contributed by atoms with Gasteiger partial charge in [0, 0.05) is 19.5 Å². The molecule has 2 rings (SSSR count). The molecule has 1 N–H and O–H groups in total. The Kier molecular flexibility index (Phi) is 6.87. The number of carbonyl (C=O) groups excluding carboxylic acids is 1. The second kappa shape index (κ2) is 8.57. The first-order valence-corrected chi connectivity index (χ1v) is 10.1. The van der Waals surface area contributed by atoms with E-state index in [1.54, 1.807) is 6.92 Å². The molecular weight excluding hydrogens is 385 g/mol. The third-order valence-corrected chi connectivity index (χ3v) is 6.60. The van der Waals surface area contributed by atoms with E-state index in [1.165, 1.54) is 11.4 Å². The third kappa shape index (κ3) is 5.43. The van der Waals surface area contributed by atoms with Crippen LogP contribution in [0.5, 0.6) is 0 Å². The minimum Gasteiger partial charge on any atom is -0.273 e. The molecule has 0 saturated heterocycles. The maximum absolute atomic E-state index is 12.7. The molecule has 27 heavy (non-hydrogen) atoms. The lowest BCUT2D eigenvalue weighted by atomic mass is 9.93. The van der Waals surface area contributed by atoms with E-state index in [-0.39, 0.29) is 22.9 Å². The summed E-state index contributed by atoms with van der Waals surface area (Å²) in [6.45, 7) is 1.71. The Morgan fingerprint density at radius 1 is 1.19 bits per heavy atom. The first-order chi connectivity index (χ1) is 12.6. The lowest BCUT2D eigenvalue weighted by molar-refractivity contribution is -0.140. The maximum Gasteiger partial charge on any atom is 0.416 e. The van der Waals surface area contributed by atoms with Gasteiger partial charge in [0.25, 0.3) is 0 Å². The zero-order chi connectivity index (χ0) is 20.2. The van der Waals surface area contributed by atoms with Crippen LogP contribution >= 0.6 is 0 Å². The van der Waals surface area contributed by atoms with Gasteiger partial charge in [-0.25, -0.2) is 13.9 Å². The predicted molar refractivity (Wildman–Crippen MR) is 92.0 cm³/mol. The fourth-order valence-electron chi connectivity index (χ4n) is 2.93. The van der Waals surface area contributed by atoms with Crippen LogP contribution in [0, 0.1) is 0 Å². The van der Waals surface area contributed by atoms with Crippen LogP contribution in [0.15, 0.2) is 29.2 Å². The first kappa shape index (κ1) is 21.6. The number of nitrogens with zero attached hydrogens (tertiary/aromatic N) is 1. The highest BCUT2D eigenvalue weighted by molar-refractivity contribution is 7.89. The second-order valence-electron chi connectivity index (χ2n) is 6.47. The predicted octanol–water partition coefficient (Wildman–Crippen LogP) is 3.09. The van der Waals surface area contributed by atoms with Crippen LogP contribution in [0.4, 0.5) is 13.2 Å². The molecular formula is C17H23F3N2O4S. The van der Waals surface area contributed by atoms with Crippen molar-refractivity contribution in [2.24, 2.45) is 0 Å². The Bertz CT molecular complexity index is 742. The molecule has 1 aromatic carbocycles. The molecule has 1 fully saturated rings. The lowest BCUT2D eigenvalue weighted by Crippen LogP contribution is -2.41. The summed E-state index contributed by atoms with van der Waals surface area (Å²) in [6, 6.07) is 3.20. The van der Waals surface area contributed by atoms with Gasteiger partial charge in [0.2, 0.25) is 15.9 Å². The van der Waals surface area contributed by atoms with Crippen molar-refractivity contribution in [1.82, 2.24) is 9.79 Å². The number of hydrogen-bond donors (Lipinski definition) is 1. The zero-order valence-electron chi connectivity index (χ0n) is 15.1. The summed E-state index contributed by atoms with van der Waals surface area (Å²) < 4.78 is 64.5. The molecule has 10 heteroatoms. The smallest absolute Gasteiger partial charge is 0.273 e. The van der Waals surface area contributed by atoms with E-state index in [1.807, 2.05) is 0 Å². The summed E-state index contributed by atoms with van der Waals surface area (Å²) in [4.78, 5) is 16.3. The molecule has 0 spiro atoms. The Labute approximate surface area is 156 Å². The summed E-state index contributed by atoms with van der Waals surface area (Å²) >= 11 is 0. The molecule has 0 heterocycles. The first-order valence-electron chi connectivity index (χ1n) is 8.65. The van der Waals surface area contributed by atoms with Crippen LogP contribution in [-0.4, -0.2) is 37.8 Å². The van der Waals surface area contributed by atoms with Crippen LogP contribution in [0.1, 0.15) is 44.6 Å². The van der Waals surface area contributed by atoms with Crippen molar-refractivity contribution in [2.75, 3.05) is 7.05 Å². The molecule has 1 aliphatic rings. The number of sulfonamides is 1. The monoisotopic (exact) mass is 408 g/mol. The largest absolute Gasteiger partial charge is 0.416 e. The summed E-state index contributed by atoms with van der Waals surface area (Å²) in [5.74, 6) is -0.223. The van der Waals surface area contributed by atoms with Gasteiger partial charge < -0.3 is 0 Å². The van der Waals surface area contributed by atoms with Crippen molar-refractivity contribution in [3.05, 3.63) is 29.8 Å². The molecule has 0 aromatic heterocycles. The Hall–Kier alpha value is -1.65. The third-order valence-electron chi connectivity index (χ3n) is 4.68. The fourth-order valence-corrected chi connectivity index (χ4v) is 4.34. The molecule has 0 bridgehead atoms. The average molecular weight is 408 g/mol. The number of rotatable bonds is 6. The van der Waals surface area contributed by atoms with Crippen LogP contribution in [0.3, 0.4) is 0 Å². The van der Waals surface area contributed by atoms with Gasteiger partial charge in [-0.05, 0) is 49.9 Å². The SMILES string of the molecule is CCC(=O)NOC1CCC(N(C)S(=O)(=O)c2ccc(C(F)(F)F)cc2)CC1. The molecule has 1 aromatic rings. The van der Waals surface area contributed by atoms with Crippen molar-refractivity contribution in [3.8, 4) is 0 Å². The number of nitrogens with one attached hydrogen (secondary N) is 1. The van der Waals surface area contributed by atoms with Crippen LogP contribution in [0.25, 0.3) is 0 Å². The zero-order valence-corrected chi connectivity index (χ0v) is 15.9. The van der Waals surface area contributed by atoms with E-state index < -0.39 is 21.8 Å². The topological polar surface area (TPSA) is 75.7 Å². The van der Waals surface area contributed by atoms with Crippen molar-refractivity contribution in [3.63, 3.8) is 0 Å². The van der Waals surface area contributed by atoms with Gasteiger partial charge in [-0.15, -0.1) is 0 Å². The maximum atomic E-state index is 12.7. The number of amides is 1. The van der Waals surface area contributed by atoms with Gasteiger partial charge in [-0.2, -0.15) is 17.5 Å². The normalized spacial score (nSPS) is 21.3. The molecule has 1 aliphatic carbocycles. The molecule has 1 saturated carbocycles. The summed E-state index contributed by atoms with van der Waals surface area (Å²) in [6.07, 6.45) is -2.18. The van der Waals surface area contributed by atoms with Crippen molar-refractivity contribution in [1.29, 1.82) is 0 Å². The quantitative estimate of drug-likeness (QED) is 0.734. The van der Waals surface area contributed by atoms with E-state index in [0.717, 1.165) is 24.3 Å². The number of hydrogen-bond acceptors (Lipinski definition) is 4. The highest BCUT2D eigenvalue weighted by atomic mass is 32.2. The summed E-state index contributed by atoms with van der Waals surface area (Å²) in [5.41, 5.74) is 1.46. The van der Waals surface area contributed by atoms with Crippen LogP contribution in [-0.2, 0) is 25.8 Å². The van der Waals surface area contributed by atoms with Crippen LogP contribution < -0.4 is 5.48 Å². The number of benzene rings is 1. The molecule has 6 nitrogen and oxygen atoms in total. The van der Waals surface area contributed by atoms with Gasteiger partial charge >= 0.3 is 6.18 Å². The number of carbonyl (C=O) groups is 1. The van der Waals surface area contributed by atoms with Crippen LogP contribution in [0.2, 0.25) is 0 Å². The van der Waals surface area contributed by atoms with E-state index in [0.29, 0.717) is 32.1 Å². The highest BCUT2D eigenvalue weighted by Gasteiger charge is 2.34. The molecule has 0 unspecified atom stereocenters. The standard InChI is InChI=1S/C17H23F3N2O4S/c1-3-16(23)21-26-14-8-6-13(7-9-14)22(2)27(24,25)15-10-4-12(5-11-15)17(18,19)20/h4-5,10-11,13-14H,3,6-9H2,1-2H3,(H,21,23). The molecule has 1 amide bonds. The summed E-state index contributed by atoms with van der Waals surface area (Å²) in [7, 11) is -2.46. The van der Waals surface area contributed by atoms with Gasteiger partial charge in [-0.1, -0.05) is 6.92 Å². The molecule has 0 atom stereocenters. The Morgan fingerprint density at radius 3 is 2.22 bits per heavy atom. The number of halogens is 3. The molecule has 0 radical (unpaired) electrons.